The number of hydrogen-bond acceptors (Lipinski definition) is 4. The van der Waals surface area contributed by atoms with Crippen molar-refractivity contribution in [2.75, 3.05) is 12.8 Å². The van der Waals surface area contributed by atoms with Gasteiger partial charge in [0.05, 0.1) is 6.04 Å². The minimum atomic E-state index is -0.102. The second-order valence-electron chi connectivity index (χ2n) is 10.4. The highest BCUT2D eigenvalue weighted by atomic mass is 32.2. The lowest BCUT2D eigenvalue weighted by atomic mass is 9.89. The van der Waals surface area contributed by atoms with E-state index in [1.54, 1.807) is 23.9 Å². The minimum Gasteiger partial charge on any atom is -0.482 e. The van der Waals surface area contributed by atoms with E-state index < -0.39 is 0 Å². The van der Waals surface area contributed by atoms with E-state index >= 15 is 0 Å². The minimum absolute atomic E-state index is 0.0227. The van der Waals surface area contributed by atoms with Crippen LogP contribution in [0.15, 0.2) is 83.5 Å². The molecular weight excluding hydrogens is 504 g/mol. The fourth-order valence-electron chi connectivity index (χ4n) is 5.47. The first-order valence-electron chi connectivity index (χ1n) is 13.8. The Morgan fingerprint density at radius 2 is 1.79 bits per heavy atom. The highest BCUT2D eigenvalue weighted by Crippen LogP contribution is 2.34. The van der Waals surface area contributed by atoms with Crippen molar-refractivity contribution in [3.8, 4) is 0 Å². The van der Waals surface area contributed by atoms with Crippen LogP contribution in [0, 0.1) is 6.92 Å². The van der Waals surface area contributed by atoms with Gasteiger partial charge >= 0.3 is 0 Å². The van der Waals surface area contributed by atoms with E-state index in [9.17, 15) is 9.59 Å². The number of morpholine rings is 1. The maximum atomic E-state index is 13.6. The van der Waals surface area contributed by atoms with Gasteiger partial charge in [0.15, 0.2) is 5.76 Å². The number of aryl methyl sites for hydroxylation is 1. The zero-order valence-corrected chi connectivity index (χ0v) is 23.5. The number of hydrogen-bond donors (Lipinski definition) is 1. The smallest absolute Gasteiger partial charge is 0.289 e. The molecule has 5 rings (SSSR count). The molecule has 2 amide bonds. The van der Waals surface area contributed by atoms with Gasteiger partial charge in [-0.25, -0.2) is 0 Å². The van der Waals surface area contributed by atoms with E-state index in [0.717, 1.165) is 43.2 Å². The molecule has 202 valence electrons. The quantitative estimate of drug-likeness (QED) is 0.265. The van der Waals surface area contributed by atoms with Crippen molar-refractivity contribution in [3.05, 3.63) is 106 Å². The number of nitrogens with one attached hydrogen (secondary N) is 1. The number of carbonyl (C=O) groups is 2. The average molecular weight is 541 g/mol. The van der Waals surface area contributed by atoms with Gasteiger partial charge in [-0.1, -0.05) is 60.5 Å². The van der Waals surface area contributed by atoms with Gasteiger partial charge in [-0.2, -0.15) is 0 Å². The van der Waals surface area contributed by atoms with Crippen LogP contribution < -0.4 is 5.32 Å². The highest BCUT2D eigenvalue weighted by Gasteiger charge is 2.41. The summed E-state index contributed by atoms with van der Waals surface area (Å²) in [4.78, 5) is 29.5. The summed E-state index contributed by atoms with van der Waals surface area (Å²) in [6.45, 7) is 3.24. The van der Waals surface area contributed by atoms with Crippen molar-refractivity contribution in [3.63, 3.8) is 0 Å². The molecule has 1 aliphatic heterocycles. The molecule has 2 atom stereocenters. The molecule has 0 bridgehead atoms. The molecule has 3 aromatic rings. The average Bonchev–Trinajstić information content (AvgIpc) is 2.96. The maximum absolute atomic E-state index is 13.6. The summed E-state index contributed by atoms with van der Waals surface area (Å²) in [7, 11) is 0. The number of carbonyl (C=O) groups excluding carboxylic acids is 2. The normalized spacial score (nSPS) is 19.9. The number of thioether (sulfide) groups is 1. The molecule has 2 aliphatic rings. The standard InChI is InChI=1S/C33H36N2O3S/c1-23-6-5-7-26(20-23)22-35-29-8-3-4-9-30(29)38-31(33(35)37)21-25-10-14-27(15-11-25)32(36)34-19-18-24-12-16-28(39-2)17-13-24/h5-7,10-17,20-21,29-30H,3-4,8-9,18-19,22H2,1-2H3,(H,34,36)/b31-21+. The van der Waals surface area contributed by atoms with Crippen molar-refractivity contribution in [2.45, 2.75) is 62.6 Å². The molecule has 2 fully saturated rings. The van der Waals surface area contributed by atoms with Crippen LogP contribution in [0.5, 0.6) is 0 Å². The van der Waals surface area contributed by atoms with Crippen LogP contribution in [0.2, 0.25) is 0 Å². The van der Waals surface area contributed by atoms with Gasteiger partial charge in [-0.05, 0) is 85.9 Å². The first-order chi connectivity index (χ1) is 19.0. The van der Waals surface area contributed by atoms with Gasteiger partial charge in [0, 0.05) is 23.5 Å². The zero-order chi connectivity index (χ0) is 27.2. The molecule has 39 heavy (non-hydrogen) atoms. The number of benzene rings is 3. The van der Waals surface area contributed by atoms with E-state index in [2.05, 4.69) is 61.0 Å². The van der Waals surface area contributed by atoms with Crippen LogP contribution in [0.25, 0.3) is 6.08 Å². The van der Waals surface area contributed by atoms with Crippen LogP contribution >= 0.6 is 11.8 Å². The van der Waals surface area contributed by atoms with Crippen LogP contribution in [0.3, 0.4) is 0 Å². The van der Waals surface area contributed by atoms with E-state index in [1.807, 2.05) is 29.2 Å². The molecule has 0 spiro atoms. The number of fused-ring (bicyclic) bond motifs is 1. The Hall–Kier alpha value is -3.51. The Balaban J connectivity index is 1.24. The van der Waals surface area contributed by atoms with Gasteiger partial charge in [0.25, 0.3) is 11.8 Å². The highest BCUT2D eigenvalue weighted by molar-refractivity contribution is 7.98. The molecule has 0 aromatic heterocycles. The number of ether oxygens (including phenoxy) is 1. The monoisotopic (exact) mass is 540 g/mol. The van der Waals surface area contributed by atoms with Gasteiger partial charge in [-0.3, -0.25) is 9.59 Å². The third-order valence-electron chi connectivity index (χ3n) is 7.58. The predicted molar refractivity (Wildman–Crippen MR) is 158 cm³/mol. The first-order valence-corrected chi connectivity index (χ1v) is 15.0. The largest absolute Gasteiger partial charge is 0.482 e. The van der Waals surface area contributed by atoms with Gasteiger partial charge in [0.2, 0.25) is 0 Å². The number of rotatable bonds is 8. The third kappa shape index (κ3) is 6.74. The van der Waals surface area contributed by atoms with Crippen molar-refractivity contribution in [2.24, 2.45) is 0 Å². The number of amides is 2. The van der Waals surface area contributed by atoms with E-state index in [4.69, 9.17) is 4.74 Å². The summed E-state index contributed by atoms with van der Waals surface area (Å²) in [5, 5.41) is 3.00. The molecule has 2 unspecified atom stereocenters. The Morgan fingerprint density at radius 3 is 2.54 bits per heavy atom. The predicted octanol–water partition coefficient (Wildman–Crippen LogP) is 6.40. The second-order valence-corrected chi connectivity index (χ2v) is 11.3. The summed E-state index contributed by atoms with van der Waals surface area (Å²) in [6, 6.07) is 24.2. The van der Waals surface area contributed by atoms with E-state index in [-0.39, 0.29) is 24.0 Å². The first kappa shape index (κ1) is 27.1. The van der Waals surface area contributed by atoms with Crippen LogP contribution in [0.4, 0.5) is 0 Å². The SMILES string of the molecule is CSc1ccc(CCNC(=O)c2ccc(/C=C3/OC4CCCCC4N(Cc4cccc(C)c4)C3=O)cc2)cc1. The summed E-state index contributed by atoms with van der Waals surface area (Å²) >= 11 is 1.72. The molecule has 3 aromatic carbocycles. The number of nitrogens with zero attached hydrogens (tertiary/aromatic N) is 1. The lowest BCUT2D eigenvalue weighted by Crippen LogP contribution is -2.54. The van der Waals surface area contributed by atoms with Crippen molar-refractivity contribution in [1.82, 2.24) is 10.2 Å². The fourth-order valence-corrected chi connectivity index (χ4v) is 5.87. The molecule has 1 saturated heterocycles. The van der Waals surface area contributed by atoms with Gasteiger partial charge in [-0.15, -0.1) is 11.8 Å². The Kier molecular flexibility index (Phi) is 8.72. The van der Waals surface area contributed by atoms with E-state index in [0.29, 0.717) is 24.4 Å². The summed E-state index contributed by atoms with van der Waals surface area (Å²) < 4.78 is 6.27. The Labute approximate surface area is 235 Å². The summed E-state index contributed by atoms with van der Waals surface area (Å²) in [5.41, 5.74) is 4.97. The second kappa shape index (κ2) is 12.6. The molecular formula is C33H36N2O3S. The summed E-state index contributed by atoms with van der Waals surface area (Å²) in [5.74, 6) is 0.219. The zero-order valence-electron chi connectivity index (χ0n) is 22.7. The third-order valence-corrected chi connectivity index (χ3v) is 8.33. The Morgan fingerprint density at radius 1 is 1.03 bits per heavy atom. The maximum Gasteiger partial charge on any atom is 0.289 e. The van der Waals surface area contributed by atoms with Gasteiger partial charge < -0.3 is 15.0 Å². The van der Waals surface area contributed by atoms with Crippen LogP contribution in [-0.4, -0.2) is 41.7 Å². The van der Waals surface area contributed by atoms with Crippen LogP contribution in [0.1, 0.15) is 58.3 Å². The van der Waals surface area contributed by atoms with Crippen molar-refractivity contribution < 1.29 is 14.3 Å². The Bertz CT molecular complexity index is 1330. The molecule has 1 N–H and O–H groups in total. The van der Waals surface area contributed by atoms with Gasteiger partial charge in [0.1, 0.15) is 6.10 Å². The van der Waals surface area contributed by atoms with Crippen molar-refractivity contribution in [1.29, 1.82) is 0 Å². The molecule has 6 heteroatoms. The van der Waals surface area contributed by atoms with Crippen LogP contribution in [-0.2, 0) is 22.5 Å². The van der Waals surface area contributed by atoms with E-state index in [1.165, 1.54) is 16.0 Å². The van der Waals surface area contributed by atoms with Crippen molar-refractivity contribution >= 4 is 29.7 Å². The molecule has 0 radical (unpaired) electrons. The lowest BCUT2D eigenvalue weighted by Gasteiger charge is -2.44. The topological polar surface area (TPSA) is 58.6 Å². The summed E-state index contributed by atoms with van der Waals surface area (Å²) in [6.07, 6.45) is 8.85. The molecule has 1 heterocycles. The fraction of sp³-hybridized carbons (Fsp3) is 0.333. The lowest BCUT2D eigenvalue weighted by molar-refractivity contribution is -0.149. The molecule has 5 nitrogen and oxygen atoms in total. The molecule has 1 saturated carbocycles. The molecule has 1 aliphatic carbocycles.